The first kappa shape index (κ1) is 14.2. The van der Waals surface area contributed by atoms with Gasteiger partial charge in [-0.05, 0) is 29.3 Å². The van der Waals surface area contributed by atoms with Crippen molar-refractivity contribution in [3.05, 3.63) is 38.2 Å². The fourth-order valence-electron chi connectivity index (χ4n) is 1.87. The number of nitrogens with zero attached hydrogens (tertiary/aromatic N) is 4. The summed E-state index contributed by atoms with van der Waals surface area (Å²) in [5.41, 5.74) is 1.39. The maximum Gasteiger partial charge on any atom is 0.332 e. The van der Waals surface area contributed by atoms with E-state index in [0.29, 0.717) is 24.0 Å². The minimum atomic E-state index is -0.436. The van der Waals surface area contributed by atoms with Gasteiger partial charge in [0, 0.05) is 20.6 Å². The summed E-state index contributed by atoms with van der Waals surface area (Å²) in [6.45, 7) is 2.17. The zero-order valence-corrected chi connectivity index (χ0v) is 12.3. The SMILES string of the molecule is CNc1nc(C)c([N+](=O)[O-])c(N(C)Cc2ccsc2)n1. The van der Waals surface area contributed by atoms with Crippen LogP contribution >= 0.6 is 11.3 Å². The monoisotopic (exact) mass is 293 g/mol. The van der Waals surface area contributed by atoms with Gasteiger partial charge in [-0.15, -0.1) is 0 Å². The standard InChI is InChI=1S/C12H15N5O2S/c1-8-10(17(18)19)11(15-12(13-2)14-8)16(3)6-9-4-5-20-7-9/h4-5,7H,6H2,1-3H3,(H,13,14,15). The molecule has 0 aromatic carbocycles. The Bertz CT molecular complexity index is 615. The third kappa shape index (κ3) is 2.85. The molecule has 1 N–H and O–H groups in total. The molecule has 0 unspecified atom stereocenters. The molecule has 0 aliphatic heterocycles. The number of nitrogens with one attached hydrogen (secondary N) is 1. The molecule has 0 fully saturated rings. The third-order valence-corrected chi connectivity index (χ3v) is 3.54. The lowest BCUT2D eigenvalue weighted by Gasteiger charge is -2.18. The van der Waals surface area contributed by atoms with Crippen LogP contribution < -0.4 is 10.2 Å². The average Bonchev–Trinajstić information content (AvgIpc) is 2.89. The maximum atomic E-state index is 11.2. The van der Waals surface area contributed by atoms with E-state index in [1.165, 1.54) is 0 Å². The maximum absolute atomic E-state index is 11.2. The number of thiophene rings is 1. The molecule has 2 aromatic rings. The van der Waals surface area contributed by atoms with Gasteiger partial charge in [0.1, 0.15) is 5.69 Å². The van der Waals surface area contributed by atoms with Crippen molar-refractivity contribution in [2.24, 2.45) is 0 Å². The van der Waals surface area contributed by atoms with Crippen molar-refractivity contribution in [2.75, 3.05) is 24.3 Å². The number of nitro groups is 1. The Morgan fingerprint density at radius 3 is 2.80 bits per heavy atom. The second-order valence-corrected chi connectivity index (χ2v) is 5.08. The van der Waals surface area contributed by atoms with Crippen molar-refractivity contribution in [1.82, 2.24) is 9.97 Å². The number of hydrogen-bond donors (Lipinski definition) is 1. The van der Waals surface area contributed by atoms with Crippen molar-refractivity contribution in [3.8, 4) is 0 Å². The highest BCUT2D eigenvalue weighted by Crippen LogP contribution is 2.30. The van der Waals surface area contributed by atoms with Gasteiger partial charge in [-0.2, -0.15) is 16.3 Å². The molecule has 0 aliphatic carbocycles. The summed E-state index contributed by atoms with van der Waals surface area (Å²) in [7, 11) is 3.47. The number of anilines is 2. The molecule has 2 aromatic heterocycles. The summed E-state index contributed by atoms with van der Waals surface area (Å²) in [5, 5.41) is 18.0. The summed E-state index contributed by atoms with van der Waals surface area (Å²) in [4.78, 5) is 20.8. The zero-order chi connectivity index (χ0) is 14.7. The van der Waals surface area contributed by atoms with Crippen molar-refractivity contribution >= 4 is 28.8 Å². The zero-order valence-electron chi connectivity index (χ0n) is 11.5. The number of aromatic nitrogens is 2. The first-order valence-electron chi connectivity index (χ1n) is 5.96. The van der Waals surface area contributed by atoms with Crippen LogP contribution in [-0.2, 0) is 6.54 Å². The highest BCUT2D eigenvalue weighted by atomic mass is 32.1. The second kappa shape index (κ2) is 5.83. The molecule has 106 valence electrons. The quantitative estimate of drug-likeness (QED) is 0.673. The van der Waals surface area contributed by atoms with Gasteiger partial charge in [-0.1, -0.05) is 0 Å². The van der Waals surface area contributed by atoms with Crippen molar-refractivity contribution in [3.63, 3.8) is 0 Å². The van der Waals surface area contributed by atoms with Crippen LogP contribution in [0, 0.1) is 17.0 Å². The first-order valence-corrected chi connectivity index (χ1v) is 6.90. The smallest absolute Gasteiger partial charge is 0.332 e. The molecule has 0 amide bonds. The Labute approximate surface area is 120 Å². The molecule has 0 spiro atoms. The normalized spacial score (nSPS) is 10.3. The number of aryl methyl sites for hydroxylation is 1. The lowest BCUT2D eigenvalue weighted by Crippen LogP contribution is -2.20. The van der Waals surface area contributed by atoms with Crippen LogP contribution in [0.5, 0.6) is 0 Å². The molecule has 0 atom stereocenters. The minimum absolute atomic E-state index is 0.0540. The molecule has 0 bridgehead atoms. The molecule has 20 heavy (non-hydrogen) atoms. The Morgan fingerprint density at radius 2 is 2.25 bits per heavy atom. The van der Waals surface area contributed by atoms with Crippen LogP contribution in [0.4, 0.5) is 17.5 Å². The molecule has 2 heterocycles. The van der Waals surface area contributed by atoms with Crippen LogP contribution in [0.1, 0.15) is 11.3 Å². The van der Waals surface area contributed by atoms with Gasteiger partial charge in [0.25, 0.3) is 0 Å². The molecule has 2 rings (SSSR count). The Balaban J connectivity index is 2.42. The van der Waals surface area contributed by atoms with Gasteiger partial charge >= 0.3 is 5.69 Å². The molecule has 0 saturated carbocycles. The van der Waals surface area contributed by atoms with Gasteiger partial charge in [-0.25, -0.2) is 4.98 Å². The molecular formula is C12H15N5O2S. The van der Waals surface area contributed by atoms with E-state index < -0.39 is 4.92 Å². The van der Waals surface area contributed by atoms with E-state index in [-0.39, 0.29) is 5.69 Å². The van der Waals surface area contributed by atoms with Crippen LogP contribution in [0.2, 0.25) is 0 Å². The van der Waals surface area contributed by atoms with E-state index in [4.69, 9.17) is 0 Å². The van der Waals surface area contributed by atoms with Gasteiger partial charge in [0.2, 0.25) is 11.8 Å². The molecular weight excluding hydrogens is 278 g/mol. The second-order valence-electron chi connectivity index (χ2n) is 4.30. The van der Waals surface area contributed by atoms with Gasteiger partial charge in [0.15, 0.2) is 0 Å². The predicted octanol–water partition coefficient (Wildman–Crippen LogP) is 2.43. The first-order chi connectivity index (χ1) is 9.52. The predicted molar refractivity (Wildman–Crippen MR) is 79.4 cm³/mol. The van der Waals surface area contributed by atoms with Crippen molar-refractivity contribution < 1.29 is 4.92 Å². The Morgan fingerprint density at radius 1 is 1.50 bits per heavy atom. The summed E-state index contributed by atoms with van der Waals surface area (Å²) in [6.07, 6.45) is 0. The van der Waals surface area contributed by atoms with Crippen LogP contribution in [-0.4, -0.2) is 29.0 Å². The van der Waals surface area contributed by atoms with E-state index in [2.05, 4.69) is 15.3 Å². The molecule has 7 nitrogen and oxygen atoms in total. The van der Waals surface area contributed by atoms with Gasteiger partial charge < -0.3 is 10.2 Å². The average molecular weight is 293 g/mol. The van der Waals surface area contributed by atoms with E-state index >= 15 is 0 Å². The molecule has 8 heteroatoms. The third-order valence-electron chi connectivity index (χ3n) is 2.81. The molecule has 0 radical (unpaired) electrons. The van der Waals surface area contributed by atoms with Crippen molar-refractivity contribution in [2.45, 2.75) is 13.5 Å². The summed E-state index contributed by atoms with van der Waals surface area (Å²) in [6, 6.07) is 1.99. The molecule has 0 saturated heterocycles. The van der Waals surface area contributed by atoms with Gasteiger partial charge in [-0.3, -0.25) is 10.1 Å². The summed E-state index contributed by atoms with van der Waals surface area (Å²) in [5.74, 6) is 0.693. The lowest BCUT2D eigenvalue weighted by atomic mass is 10.3. The fourth-order valence-corrected chi connectivity index (χ4v) is 2.53. The largest absolute Gasteiger partial charge is 0.357 e. The van der Waals surface area contributed by atoms with E-state index in [0.717, 1.165) is 5.56 Å². The summed E-state index contributed by atoms with van der Waals surface area (Å²) >= 11 is 1.59. The number of hydrogen-bond acceptors (Lipinski definition) is 7. The van der Waals surface area contributed by atoms with Crippen LogP contribution in [0.15, 0.2) is 16.8 Å². The number of rotatable bonds is 5. The van der Waals surface area contributed by atoms with Crippen LogP contribution in [0.25, 0.3) is 0 Å². The van der Waals surface area contributed by atoms with Gasteiger partial charge in [0.05, 0.1) is 4.92 Å². The fraction of sp³-hybridized carbons (Fsp3) is 0.333. The molecule has 0 aliphatic rings. The van der Waals surface area contributed by atoms with Crippen LogP contribution in [0.3, 0.4) is 0 Å². The summed E-state index contributed by atoms with van der Waals surface area (Å²) < 4.78 is 0. The highest BCUT2D eigenvalue weighted by molar-refractivity contribution is 7.07. The van der Waals surface area contributed by atoms with E-state index in [9.17, 15) is 10.1 Å². The van der Waals surface area contributed by atoms with E-state index in [1.54, 1.807) is 37.3 Å². The van der Waals surface area contributed by atoms with Crippen molar-refractivity contribution in [1.29, 1.82) is 0 Å². The Hall–Kier alpha value is -2.22. The highest BCUT2D eigenvalue weighted by Gasteiger charge is 2.24. The van der Waals surface area contributed by atoms with E-state index in [1.807, 2.05) is 16.8 Å². The minimum Gasteiger partial charge on any atom is -0.357 e. The lowest BCUT2D eigenvalue weighted by molar-refractivity contribution is -0.385. The topological polar surface area (TPSA) is 84.2 Å². The Kier molecular flexibility index (Phi) is 4.14.